The quantitative estimate of drug-likeness (QED) is 0.461. The van der Waals surface area contributed by atoms with Gasteiger partial charge in [0.25, 0.3) is 11.8 Å². The number of aryl methyl sites for hydroxylation is 1. The van der Waals surface area contributed by atoms with Crippen LogP contribution in [0.1, 0.15) is 46.8 Å². The van der Waals surface area contributed by atoms with Crippen molar-refractivity contribution in [3.8, 4) is 17.1 Å². The monoisotopic (exact) mass is 470 g/mol. The Morgan fingerprint density at radius 1 is 1.29 bits per heavy atom. The summed E-state index contributed by atoms with van der Waals surface area (Å²) in [4.78, 5) is 20.5. The lowest BCUT2D eigenvalue weighted by atomic mass is 10.0. The number of carbonyl (C=O) groups is 1. The number of rotatable bonds is 7. The summed E-state index contributed by atoms with van der Waals surface area (Å²) in [5.41, 5.74) is 2.56. The van der Waals surface area contributed by atoms with E-state index in [-0.39, 0.29) is 29.5 Å². The maximum Gasteiger partial charge on any atom is 0.276 e. The minimum Gasteiger partial charge on any atom is -0.496 e. The Morgan fingerprint density at radius 3 is 2.82 bits per heavy atom. The molecular weight excluding hydrogens is 442 g/mol. The average Bonchev–Trinajstić information content (AvgIpc) is 3.26. The summed E-state index contributed by atoms with van der Waals surface area (Å²) in [6.07, 6.45) is -0.478. The van der Waals surface area contributed by atoms with Crippen molar-refractivity contribution in [2.75, 3.05) is 32.1 Å². The lowest BCUT2D eigenvalue weighted by Crippen LogP contribution is -2.33. The summed E-state index contributed by atoms with van der Waals surface area (Å²) >= 11 is 0. The Morgan fingerprint density at radius 2 is 2.12 bits per heavy atom. The molecule has 1 amide bonds. The molecule has 7 nitrogen and oxygen atoms in total. The van der Waals surface area contributed by atoms with Crippen LogP contribution in [0.25, 0.3) is 11.4 Å². The third kappa shape index (κ3) is 4.95. The summed E-state index contributed by atoms with van der Waals surface area (Å²) in [6, 6.07) is 11.4. The number of nitrogens with one attached hydrogen (secondary N) is 3. The van der Waals surface area contributed by atoms with Crippen LogP contribution in [0.5, 0.6) is 5.75 Å². The molecule has 34 heavy (non-hydrogen) atoms. The molecule has 2 aromatic carbocycles. The van der Waals surface area contributed by atoms with E-state index in [0.717, 1.165) is 17.7 Å². The van der Waals surface area contributed by atoms with E-state index < -0.39 is 11.8 Å². The van der Waals surface area contributed by atoms with Gasteiger partial charge in [0.2, 0.25) is 0 Å². The number of halogens is 2. The third-order valence-electron chi connectivity index (χ3n) is 5.86. The number of alkyl halides is 2. The van der Waals surface area contributed by atoms with Crippen LogP contribution in [0.4, 0.5) is 14.5 Å². The van der Waals surface area contributed by atoms with E-state index in [1.54, 1.807) is 20.1 Å². The molecule has 1 aromatic heterocycles. The van der Waals surface area contributed by atoms with E-state index in [1.807, 2.05) is 18.2 Å². The van der Waals surface area contributed by atoms with Gasteiger partial charge in [-0.15, -0.1) is 0 Å². The molecule has 0 aliphatic carbocycles. The number of aromatic amines is 1. The summed E-state index contributed by atoms with van der Waals surface area (Å²) in [5.74, 6) is -2.21. The lowest BCUT2D eigenvalue weighted by molar-refractivity contribution is -0.00824. The number of methoxy groups -OCH3 is 1. The Kier molecular flexibility index (Phi) is 6.95. The number of benzene rings is 2. The number of imidazole rings is 1. The predicted octanol–water partition coefficient (Wildman–Crippen LogP) is 4.81. The van der Waals surface area contributed by atoms with Crippen molar-refractivity contribution in [1.29, 1.82) is 0 Å². The number of ether oxygens (including phenoxy) is 2. The molecule has 1 atom stereocenters. The first-order valence-electron chi connectivity index (χ1n) is 11.2. The number of carbonyl (C=O) groups excluding carboxylic acids is 1. The number of H-pyrrole nitrogens is 1. The molecule has 1 fully saturated rings. The van der Waals surface area contributed by atoms with Crippen LogP contribution in [-0.2, 0) is 10.7 Å². The van der Waals surface area contributed by atoms with E-state index in [9.17, 15) is 13.6 Å². The average molecular weight is 471 g/mol. The summed E-state index contributed by atoms with van der Waals surface area (Å²) in [5, 5.41) is 5.99. The van der Waals surface area contributed by atoms with E-state index in [4.69, 9.17) is 9.47 Å². The molecule has 180 valence electrons. The van der Waals surface area contributed by atoms with Gasteiger partial charge in [0, 0.05) is 47.6 Å². The van der Waals surface area contributed by atoms with Gasteiger partial charge < -0.3 is 25.1 Å². The number of morpholine rings is 1. The van der Waals surface area contributed by atoms with Gasteiger partial charge in [0.05, 0.1) is 19.8 Å². The first kappa shape index (κ1) is 23.8. The van der Waals surface area contributed by atoms with Gasteiger partial charge in [-0.1, -0.05) is 19.1 Å². The second-order valence-electron chi connectivity index (χ2n) is 8.17. The first-order chi connectivity index (χ1) is 16.3. The van der Waals surface area contributed by atoms with Gasteiger partial charge in [-0.3, -0.25) is 4.79 Å². The molecule has 4 rings (SSSR count). The molecule has 3 aromatic rings. The van der Waals surface area contributed by atoms with Gasteiger partial charge >= 0.3 is 0 Å². The van der Waals surface area contributed by atoms with Gasteiger partial charge in [-0.05, 0) is 37.3 Å². The fourth-order valence-electron chi connectivity index (χ4n) is 3.94. The Labute approximate surface area is 196 Å². The van der Waals surface area contributed by atoms with Crippen LogP contribution in [0.15, 0.2) is 42.5 Å². The van der Waals surface area contributed by atoms with Gasteiger partial charge in [0.15, 0.2) is 0 Å². The number of anilines is 1. The van der Waals surface area contributed by atoms with Crippen molar-refractivity contribution < 1.29 is 23.0 Å². The number of hydrogen-bond acceptors (Lipinski definition) is 5. The predicted molar refractivity (Wildman–Crippen MR) is 125 cm³/mol. The van der Waals surface area contributed by atoms with E-state index >= 15 is 0 Å². The Hall–Kier alpha value is -3.30. The zero-order chi connectivity index (χ0) is 24.3. The third-order valence-corrected chi connectivity index (χ3v) is 5.86. The number of aromatic nitrogens is 2. The second-order valence-corrected chi connectivity index (χ2v) is 8.17. The van der Waals surface area contributed by atoms with E-state index in [2.05, 4.69) is 20.6 Å². The first-order valence-corrected chi connectivity index (χ1v) is 11.2. The van der Waals surface area contributed by atoms with Crippen LogP contribution in [0.3, 0.4) is 0 Å². The van der Waals surface area contributed by atoms with Crippen LogP contribution >= 0.6 is 0 Å². The van der Waals surface area contributed by atoms with Crippen LogP contribution in [0.2, 0.25) is 0 Å². The number of hydrogen-bond donors (Lipinski definition) is 3. The van der Waals surface area contributed by atoms with Crippen LogP contribution < -0.4 is 15.4 Å². The van der Waals surface area contributed by atoms with Crippen molar-refractivity contribution >= 4 is 11.6 Å². The fourth-order valence-corrected chi connectivity index (χ4v) is 3.94. The fraction of sp³-hybridized carbons (Fsp3) is 0.360. The molecule has 0 bridgehead atoms. The van der Waals surface area contributed by atoms with Crippen molar-refractivity contribution in [3.05, 3.63) is 65.0 Å². The molecule has 0 radical (unpaired) electrons. The second kappa shape index (κ2) is 9.90. The highest BCUT2D eigenvalue weighted by Crippen LogP contribution is 2.34. The maximum atomic E-state index is 14.0. The SMILES string of the molecule is CCC(F)(F)c1cccc(NC(=O)c2nc(-c3ccc(OC)c(C4CNCCO4)c3)[nH]c2C)c1. The van der Waals surface area contributed by atoms with Gasteiger partial charge in [-0.2, -0.15) is 0 Å². The Bertz CT molecular complexity index is 1170. The highest BCUT2D eigenvalue weighted by molar-refractivity contribution is 6.04. The minimum absolute atomic E-state index is 0.141. The topological polar surface area (TPSA) is 88.3 Å². The van der Waals surface area contributed by atoms with E-state index in [0.29, 0.717) is 30.4 Å². The maximum absolute atomic E-state index is 14.0. The molecule has 9 heteroatoms. The van der Waals surface area contributed by atoms with E-state index in [1.165, 1.54) is 25.1 Å². The molecule has 0 spiro atoms. The number of amides is 1. The van der Waals surface area contributed by atoms with Gasteiger partial charge in [0.1, 0.15) is 17.3 Å². The highest BCUT2D eigenvalue weighted by Gasteiger charge is 2.29. The summed E-state index contributed by atoms with van der Waals surface area (Å²) < 4.78 is 39.5. The molecule has 1 unspecified atom stereocenters. The molecular formula is C25H28F2N4O3. The van der Waals surface area contributed by atoms with Crippen molar-refractivity contribution in [1.82, 2.24) is 15.3 Å². The summed E-state index contributed by atoms with van der Waals surface area (Å²) in [6.45, 7) is 5.23. The van der Waals surface area contributed by atoms with Crippen molar-refractivity contribution in [3.63, 3.8) is 0 Å². The molecule has 3 N–H and O–H groups in total. The Balaban J connectivity index is 1.58. The zero-order valence-electron chi connectivity index (χ0n) is 19.4. The molecule has 1 aliphatic rings. The van der Waals surface area contributed by atoms with Crippen LogP contribution in [-0.4, -0.2) is 42.7 Å². The molecule has 1 aliphatic heterocycles. The van der Waals surface area contributed by atoms with Crippen molar-refractivity contribution in [2.24, 2.45) is 0 Å². The normalized spacial score (nSPS) is 16.3. The summed E-state index contributed by atoms with van der Waals surface area (Å²) in [7, 11) is 1.61. The van der Waals surface area contributed by atoms with Gasteiger partial charge in [-0.25, -0.2) is 13.8 Å². The largest absolute Gasteiger partial charge is 0.496 e. The lowest BCUT2D eigenvalue weighted by Gasteiger charge is -2.25. The van der Waals surface area contributed by atoms with Crippen molar-refractivity contribution in [2.45, 2.75) is 32.3 Å². The molecule has 2 heterocycles. The molecule has 0 saturated carbocycles. The standard InChI is InChI=1S/C25H28F2N4O3/c1-4-25(26,27)17-6-5-7-18(13-17)30-24(32)22-15(2)29-23(31-22)16-8-9-20(33-3)19(12-16)21-14-28-10-11-34-21/h5-9,12-13,21,28H,4,10-11,14H2,1-3H3,(H,29,31)(H,30,32). The molecule has 1 saturated heterocycles. The highest BCUT2D eigenvalue weighted by atomic mass is 19.3. The smallest absolute Gasteiger partial charge is 0.276 e. The van der Waals surface area contributed by atoms with Crippen LogP contribution in [0, 0.1) is 6.92 Å². The zero-order valence-corrected chi connectivity index (χ0v) is 19.4. The number of nitrogens with zero attached hydrogens (tertiary/aromatic N) is 1. The minimum atomic E-state index is -2.96.